The number of nitrogens with zero attached hydrogens (tertiary/aromatic N) is 3. The molecule has 42 heavy (non-hydrogen) atoms. The van der Waals surface area contributed by atoms with Crippen molar-refractivity contribution in [2.75, 3.05) is 13.1 Å². The average Bonchev–Trinajstić information content (AvgIpc) is 3.35. The Morgan fingerprint density at radius 1 is 1.02 bits per heavy atom. The molecule has 0 fully saturated rings. The lowest BCUT2D eigenvalue weighted by molar-refractivity contribution is 0.132. The van der Waals surface area contributed by atoms with E-state index < -0.39 is 6.10 Å². The number of pyridine rings is 2. The second-order valence-corrected chi connectivity index (χ2v) is 12.5. The number of fused-ring (bicyclic) bond motifs is 2. The fourth-order valence-corrected chi connectivity index (χ4v) is 5.88. The second kappa shape index (κ2) is 12.7. The third-order valence-electron chi connectivity index (χ3n) is 6.49. The highest BCUT2D eigenvalue weighted by atomic mass is 32.1. The van der Waals surface area contributed by atoms with Gasteiger partial charge in [-0.2, -0.15) is 4.98 Å². The number of halogens is 1. The molecule has 9 heteroatoms. The number of ether oxygens (including phenoxy) is 2. The topological polar surface area (TPSA) is 89.4 Å². The van der Waals surface area contributed by atoms with Crippen molar-refractivity contribution in [3.63, 3.8) is 0 Å². The average molecular weight is 589 g/mol. The Hall–Kier alpha value is -3.66. The normalized spacial score (nSPS) is 12.8. The van der Waals surface area contributed by atoms with Gasteiger partial charge in [-0.15, -0.1) is 0 Å². The van der Waals surface area contributed by atoms with Crippen LogP contribution in [0.4, 0.5) is 4.39 Å². The molecule has 0 spiro atoms. The van der Waals surface area contributed by atoms with Gasteiger partial charge in [-0.3, -0.25) is 9.97 Å². The standard InChI is InChI=1S/C33H37FN4O3S/c1-20(2)40-32-38-30-27(41-33(3,4)5)14-13-25(31(30)42-32)26(39)19-35-15-8-12-24-18-22-10-7-16-36-28(22)29(37-24)21-9-6-11-23(34)17-21/h6-7,9-11,13-14,16-18,20,26,35,39H,8,12,15,19H2,1-5H3/t26-/m0/s1. The van der Waals surface area contributed by atoms with Gasteiger partial charge in [0.15, 0.2) is 0 Å². The van der Waals surface area contributed by atoms with Gasteiger partial charge in [-0.25, -0.2) is 4.39 Å². The summed E-state index contributed by atoms with van der Waals surface area (Å²) in [4.78, 5) is 14.0. The monoisotopic (exact) mass is 588 g/mol. The van der Waals surface area contributed by atoms with E-state index in [1.807, 2.05) is 71.0 Å². The van der Waals surface area contributed by atoms with Gasteiger partial charge in [-0.05, 0) is 84.3 Å². The molecule has 0 saturated carbocycles. The van der Waals surface area contributed by atoms with Crippen LogP contribution in [-0.2, 0) is 6.42 Å². The van der Waals surface area contributed by atoms with Crippen molar-refractivity contribution in [1.82, 2.24) is 20.3 Å². The molecule has 0 amide bonds. The number of aliphatic hydroxyl groups excluding tert-OH is 1. The summed E-state index contributed by atoms with van der Waals surface area (Å²) in [5.74, 6) is 0.370. The maximum atomic E-state index is 14.0. The molecule has 0 aliphatic heterocycles. The third-order valence-corrected chi connectivity index (χ3v) is 7.49. The first-order valence-electron chi connectivity index (χ1n) is 14.3. The molecule has 1 atom stereocenters. The quantitative estimate of drug-likeness (QED) is 0.157. The Labute approximate surface area is 249 Å². The van der Waals surface area contributed by atoms with E-state index in [0.717, 1.165) is 39.7 Å². The lowest BCUT2D eigenvalue weighted by Gasteiger charge is -2.22. The maximum absolute atomic E-state index is 14.0. The summed E-state index contributed by atoms with van der Waals surface area (Å²) in [7, 11) is 0. The third kappa shape index (κ3) is 7.21. The highest BCUT2D eigenvalue weighted by Crippen LogP contribution is 2.40. The lowest BCUT2D eigenvalue weighted by atomic mass is 10.1. The zero-order valence-corrected chi connectivity index (χ0v) is 25.5. The molecule has 0 bridgehead atoms. The predicted octanol–water partition coefficient (Wildman–Crippen LogP) is 7.27. The van der Waals surface area contributed by atoms with Crippen molar-refractivity contribution in [2.45, 2.75) is 65.3 Å². The minimum absolute atomic E-state index is 0.00844. The van der Waals surface area contributed by atoms with Gasteiger partial charge >= 0.3 is 0 Å². The molecule has 3 heterocycles. The minimum Gasteiger partial charge on any atom is -0.486 e. The molecule has 220 valence electrons. The van der Waals surface area contributed by atoms with Crippen LogP contribution in [0, 0.1) is 5.82 Å². The van der Waals surface area contributed by atoms with E-state index in [9.17, 15) is 9.50 Å². The van der Waals surface area contributed by atoms with E-state index in [4.69, 9.17) is 14.5 Å². The van der Waals surface area contributed by atoms with Gasteiger partial charge in [0.05, 0.1) is 28.1 Å². The van der Waals surface area contributed by atoms with Crippen molar-refractivity contribution in [3.8, 4) is 22.2 Å². The van der Waals surface area contributed by atoms with E-state index in [-0.39, 0.29) is 17.5 Å². The Balaban J connectivity index is 1.26. The number of benzene rings is 2. The SMILES string of the molecule is CC(C)Oc1nc2c(OC(C)(C)C)ccc([C@@H](O)CNCCCc3cc4cccnc4c(-c4cccc(F)c4)n3)c2s1. The van der Waals surface area contributed by atoms with Crippen LogP contribution in [0.25, 0.3) is 32.4 Å². The van der Waals surface area contributed by atoms with Crippen molar-refractivity contribution in [3.05, 3.63) is 77.9 Å². The molecule has 2 N–H and O–H groups in total. The van der Waals surface area contributed by atoms with Crippen molar-refractivity contribution in [2.24, 2.45) is 0 Å². The number of thiazole rings is 1. The van der Waals surface area contributed by atoms with E-state index in [1.165, 1.54) is 23.5 Å². The molecule has 0 radical (unpaired) electrons. The summed E-state index contributed by atoms with van der Waals surface area (Å²) < 4.78 is 26.8. The summed E-state index contributed by atoms with van der Waals surface area (Å²) >= 11 is 1.42. The van der Waals surface area contributed by atoms with E-state index in [0.29, 0.717) is 40.8 Å². The molecular formula is C33H37FN4O3S. The molecule has 0 aliphatic rings. The number of hydrogen-bond acceptors (Lipinski definition) is 8. The van der Waals surface area contributed by atoms with E-state index in [2.05, 4.69) is 15.3 Å². The fraction of sp³-hybridized carbons (Fsp3) is 0.364. The summed E-state index contributed by atoms with van der Waals surface area (Å²) in [6.07, 6.45) is 2.53. The number of aromatic nitrogens is 3. The Morgan fingerprint density at radius 3 is 2.62 bits per heavy atom. The zero-order valence-electron chi connectivity index (χ0n) is 24.6. The largest absolute Gasteiger partial charge is 0.486 e. The lowest BCUT2D eigenvalue weighted by Crippen LogP contribution is -2.24. The molecule has 2 aromatic carbocycles. The van der Waals surface area contributed by atoms with Crippen LogP contribution in [0.3, 0.4) is 0 Å². The summed E-state index contributed by atoms with van der Waals surface area (Å²) in [6.45, 7) is 11.0. The molecule has 0 saturated heterocycles. The highest BCUT2D eigenvalue weighted by Gasteiger charge is 2.22. The first-order chi connectivity index (χ1) is 20.1. The van der Waals surface area contributed by atoms with Gasteiger partial charge in [0.2, 0.25) is 0 Å². The number of aryl methyl sites for hydroxylation is 1. The van der Waals surface area contributed by atoms with Crippen molar-refractivity contribution < 1.29 is 19.0 Å². The Bertz CT molecular complexity index is 1680. The molecular weight excluding hydrogens is 551 g/mol. The molecule has 5 aromatic rings. The molecule has 0 unspecified atom stereocenters. The molecule has 3 aromatic heterocycles. The second-order valence-electron chi connectivity index (χ2n) is 11.6. The number of hydrogen-bond donors (Lipinski definition) is 2. The first kappa shape index (κ1) is 29.8. The first-order valence-corrected chi connectivity index (χ1v) is 15.1. The van der Waals surface area contributed by atoms with Crippen LogP contribution in [0.15, 0.2) is 60.8 Å². The highest BCUT2D eigenvalue weighted by molar-refractivity contribution is 7.20. The van der Waals surface area contributed by atoms with Crippen LogP contribution < -0.4 is 14.8 Å². The minimum atomic E-state index is -0.729. The Morgan fingerprint density at radius 2 is 1.86 bits per heavy atom. The van der Waals surface area contributed by atoms with Gasteiger partial charge in [0.1, 0.15) is 22.7 Å². The van der Waals surface area contributed by atoms with Gasteiger partial charge in [0.25, 0.3) is 5.19 Å². The van der Waals surface area contributed by atoms with Crippen LogP contribution in [0.1, 0.15) is 58.4 Å². The molecule has 5 rings (SSSR count). The van der Waals surface area contributed by atoms with Crippen molar-refractivity contribution in [1.29, 1.82) is 0 Å². The molecule has 0 aliphatic carbocycles. The van der Waals surface area contributed by atoms with E-state index in [1.54, 1.807) is 12.3 Å². The van der Waals surface area contributed by atoms with Crippen LogP contribution in [0.2, 0.25) is 0 Å². The fourth-order valence-electron chi connectivity index (χ4n) is 4.76. The number of rotatable bonds is 11. The number of nitrogens with one attached hydrogen (secondary N) is 1. The van der Waals surface area contributed by atoms with Gasteiger partial charge in [-0.1, -0.05) is 35.6 Å². The van der Waals surface area contributed by atoms with Gasteiger partial charge < -0.3 is 19.9 Å². The summed E-state index contributed by atoms with van der Waals surface area (Å²) in [6, 6.07) is 16.2. The van der Waals surface area contributed by atoms with Gasteiger partial charge in [0, 0.05) is 34.9 Å². The van der Waals surface area contributed by atoms with E-state index >= 15 is 0 Å². The smallest absolute Gasteiger partial charge is 0.274 e. The van der Waals surface area contributed by atoms with Crippen molar-refractivity contribution >= 4 is 32.5 Å². The Kier molecular flexibility index (Phi) is 9.01. The maximum Gasteiger partial charge on any atom is 0.274 e. The zero-order chi connectivity index (χ0) is 29.9. The number of aliphatic hydroxyl groups is 1. The summed E-state index contributed by atoms with van der Waals surface area (Å²) in [5, 5.41) is 16.0. The summed E-state index contributed by atoms with van der Waals surface area (Å²) in [5.41, 5.74) is 4.16. The van der Waals surface area contributed by atoms with Crippen LogP contribution in [0.5, 0.6) is 10.9 Å². The molecule has 7 nitrogen and oxygen atoms in total. The van der Waals surface area contributed by atoms with Crippen LogP contribution in [-0.4, -0.2) is 44.9 Å². The predicted molar refractivity (Wildman–Crippen MR) is 167 cm³/mol. The van der Waals surface area contributed by atoms with Crippen LogP contribution >= 0.6 is 11.3 Å².